The highest BCUT2D eigenvalue weighted by Crippen LogP contribution is 2.20. The van der Waals surface area contributed by atoms with Crippen LogP contribution in [0.3, 0.4) is 0 Å². The topological polar surface area (TPSA) is 41.6 Å². The number of halogens is 1. The van der Waals surface area contributed by atoms with Crippen LogP contribution >= 0.6 is 15.9 Å². The second-order valence-electron chi connectivity index (χ2n) is 5.97. The average Bonchev–Trinajstić information content (AvgIpc) is 2.26. The Hall–Kier alpha value is -0.550. The van der Waals surface area contributed by atoms with Crippen molar-refractivity contribution in [2.45, 2.75) is 51.7 Å². The monoisotopic (exact) mass is 332 g/mol. The van der Waals surface area contributed by atoms with Crippen LogP contribution in [-0.2, 0) is 4.74 Å². The third kappa shape index (κ3) is 6.43. The Morgan fingerprint density at radius 3 is 2.74 bits per heavy atom. The van der Waals surface area contributed by atoms with E-state index in [1.165, 1.54) is 6.42 Å². The van der Waals surface area contributed by atoms with E-state index in [2.05, 4.69) is 27.8 Å². The minimum absolute atomic E-state index is 0.198. The van der Waals surface area contributed by atoms with Crippen LogP contribution in [0.25, 0.3) is 0 Å². The number of nitrogens with zero attached hydrogens (tertiary/aromatic N) is 1. The molecule has 0 spiro atoms. The van der Waals surface area contributed by atoms with Gasteiger partial charge in [0.25, 0.3) is 0 Å². The summed E-state index contributed by atoms with van der Waals surface area (Å²) in [5.74, 6) is 0. The second-order valence-corrected chi connectivity index (χ2v) is 7.09. The zero-order valence-corrected chi connectivity index (χ0v) is 13.8. The first-order chi connectivity index (χ1) is 8.79. The highest BCUT2D eigenvalue weighted by Gasteiger charge is 2.29. The maximum absolute atomic E-state index is 12.2. The highest BCUT2D eigenvalue weighted by molar-refractivity contribution is 9.11. The van der Waals surface area contributed by atoms with Gasteiger partial charge in [-0.1, -0.05) is 22.5 Å². The van der Waals surface area contributed by atoms with Crippen molar-refractivity contribution in [1.82, 2.24) is 10.2 Å². The molecule has 1 atom stereocenters. The molecule has 0 aromatic rings. The summed E-state index contributed by atoms with van der Waals surface area (Å²) < 4.78 is 6.39. The molecule has 1 amide bonds. The predicted octanol–water partition coefficient (Wildman–Crippen LogP) is 3.27. The van der Waals surface area contributed by atoms with E-state index < -0.39 is 5.60 Å². The number of nitrogens with one attached hydrogen (secondary N) is 1. The first kappa shape index (κ1) is 16.5. The number of piperidine rings is 1. The van der Waals surface area contributed by atoms with Gasteiger partial charge in [-0.05, 0) is 40.0 Å². The van der Waals surface area contributed by atoms with Gasteiger partial charge in [-0.15, -0.1) is 0 Å². The van der Waals surface area contributed by atoms with Crippen LogP contribution in [-0.4, -0.2) is 42.3 Å². The minimum atomic E-state index is -0.434. The summed E-state index contributed by atoms with van der Waals surface area (Å²) in [6.07, 6.45) is 3.06. The van der Waals surface area contributed by atoms with Crippen LogP contribution in [0.1, 0.15) is 40.0 Å². The van der Waals surface area contributed by atoms with Crippen molar-refractivity contribution in [2.75, 3.05) is 19.6 Å². The summed E-state index contributed by atoms with van der Waals surface area (Å²) in [5.41, 5.74) is -0.434. The molecule has 0 aromatic heterocycles. The minimum Gasteiger partial charge on any atom is -0.444 e. The molecule has 1 unspecified atom stereocenters. The first-order valence-electron chi connectivity index (χ1n) is 6.83. The molecular formula is C14H25BrN2O2. The van der Waals surface area contributed by atoms with E-state index in [4.69, 9.17) is 4.74 Å². The van der Waals surface area contributed by atoms with E-state index in [1.807, 2.05) is 25.7 Å². The second kappa shape index (κ2) is 7.29. The lowest BCUT2D eigenvalue weighted by molar-refractivity contribution is 0.0101. The van der Waals surface area contributed by atoms with Gasteiger partial charge in [0.1, 0.15) is 5.60 Å². The highest BCUT2D eigenvalue weighted by atomic mass is 79.9. The summed E-state index contributed by atoms with van der Waals surface area (Å²) in [4.78, 5) is 14.0. The number of hydrogen-bond acceptors (Lipinski definition) is 3. The summed E-state index contributed by atoms with van der Waals surface area (Å²) in [7, 11) is 0. The normalized spacial score (nSPS) is 20.2. The molecule has 1 aliphatic heterocycles. The molecule has 19 heavy (non-hydrogen) atoms. The fraction of sp³-hybridized carbons (Fsp3) is 0.786. The third-order valence-corrected chi connectivity index (χ3v) is 3.23. The first-order valence-corrected chi connectivity index (χ1v) is 7.62. The molecule has 0 saturated carbocycles. The van der Waals surface area contributed by atoms with Crippen molar-refractivity contribution in [1.29, 1.82) is 0 Å². The van der Waals surface area contributed by atoms with Gasteiger partial charge in [0.2, 0.25) is 0 Å². The van der Waals surface area contributed by atoms with E-state index in [0.717, 1.165) is 37.0 Å². The van der Waals surface area contributed by atoms with Crippen molar-refractivity contribution in [3.8, 4) is 0 Å². The fourth-order valence-corrected chi connectivity index (χ4v) is 2.35. The molecule has 0 aromatic carbocycles. The summed E-state index contributed by atoms with van der Waals surface area (Å²) in [6.45, 7) is 11.8. The Bertz CT molecular complexity index is 326. The molecule has 1 heterocycles. The largest absolute Gasteiger partial charge is 0.444 e. The molecule has 1 rings (SSSR count). The Morgan fingerprint density at radius 2 is 2.16 bits per heavy atom. The van der Waals surface area contributed by atoms with Gasteiger partial charge >= 0.3 is 6.09 Å². The third-order valence-electron chi connectivity index (χ3n) is 2.95. The number of amides is 1. The molecular weight excluding hydrogens is 308 g/mol. The maximum atomic E-state index is 12.2. The number of rotatable bonds is 4. The van der Waals surface area contributed by atoms with Crippen LogP contribution in [0.2, 0.25) is 0 Å². The molecule has 1 saturated heterocycles. The lowest BCUT2D eigenvalue weighted by atomic mass is 10.0. The van der Waals surface area contributed by atoms with Gasteiger partial charge in [-0.3, -0.25) is 0 Å². The van der Waals surface area contributed by atoms with Crippen molar-refractivity contribution < 1.29 is 9.53 Å². The van der Waals surface area contributed by atoms with Crippen molar-refractivity contribution in [3.63, 3.8) is 0 Å². The van der Waals surface area contributed by atoms with Crippen LogP contribution in [0, 0.1) is 0 Å². The summed E-state index contributed by atoms with van der Waals surface area (Å²) in [5, 5.41) is 3.31. The number of hydrogen-bond donors (Lipinski definition) is 1. The van der Waals surface area contributed by atoms with Crippen molar-refractivity contribution >= 4 is 22.0 Å². The maximum Gasteiger partial charge on any atom is 0.410 e. The average molecular weight is 333 g/mol. The molecule has 110 valence electrons. The van der Waals surface area contributed by atoms with Crippen LogP contribution in [0.5, 0.6) is 0 Å². The molecule has 1 fully saturated rings. The quantitative estimate of drug-likeness (QED) is 0.858. The Kier molecular flexibility index (Phi) is 6.33. The van der Waals surface area contributed by atoms with Crippen LogP contribution in [0.4, 0.5) is 4.79 Å². The van der Waals surface area contributed by atoms with Gasteiger partial charge < -0.3 is 15.0 Å². The van der Waals surface area contributed by atoms with E-state index in [9.17, 15) is 4.79 Å². The smallest absolute Gasteiger partial charge is 0.410 e. The van der Waals surface area contributed by atoms with E-state index in [-0.39, 0.29) is 12.1 Å². The van der Waals surface area contributed by atoms with Crippen LogP contribution < -0.4 is 5.32 Å². The molecule has 0 bridgehead atoms. The molecule has 0 radical (unpaired) electrons. The number of carbonyl (C=O) groups excluding carboxylic acids is 1. The summed E-state index contributed by atoms with van der Waals surface area (Å²) in [6, 6.07) is 0.218. The lowest BCUT2D eigenvalue weighted by Crippen LogP contribution is -2.50. The van der Waals surface area contributed by atoms with Crippen LogP contribution in [0.15, 0.2) is 11.1 Å². The zero-order chi connectivity index (χ0) is 14.5. The number of carbonyl (C=O) groups is 1. The zero-order valence-electron chi connectivity index (χ0n) is 12.2. The molecule has 5 heteroatoms. The lowest BCUT2D eigenvalue weighted by Gasteiger charge is -2.36. The van der Waals surface area contributed by atoms with E-state index >= 15 is 0 Å². The van der Waals surface area contributed by atoms with Gasteiger partial charge in [-0.25, -0.2) is 4.79 Å². The SMILES string of the molecule is C=C(Br)CNCC1CCCCN1C(=O)OC(C)(C)C. The molecule has 1 aliphatic rings. The number of ether oxygens (including phenoxy) is 1. The Balaban J connectivity index is 2.51. The van der Waals surface area contributed by atoms with E-state index in [0.29, 0.717) is 0 Å². The Labute approximate surface area is 124 Å². The standard InChI is InChI=1S/C14H25BrN2O2/c1-11(15)9-16-10-12-7-5-6-8-17(12)13(18)19-14(2,3)4/h12,16H,1,5-10H2,2-4H3. The van der Waals surface area contributed by atoms with Crippen molar-refractivity contribution in [2.24, 2.45) is 0 Å². The van der Waals surface area contributed by atoms with Gasteiger partial charge in [0.15, 0.2) is 0 Å². The van der Waals surface area contributed by atoms with E-state index in [1.54, 1.807) is 0 Å². The van der Waals surface area contributed by atoms with Gasteiger partial charge in [0.05, 0.1) is 0 Å². The molecule has 1 N–H and O–H groups in total. The molecule has 0 aliphatic carbocycles. The predicted molar refractivity (Wildman–Crippen MR) is 81.5 cm³/mol. The van der Waals surface area contributed by atoms with Gasteiger partial charge in [-0.2, -0.15) is 0 Å². The Morgan fingerprint density at radius 1 is 1.47 bits per heavy atom. The van der Waals surface area contributed by atoms with Gasteiger partial charge in [0, 0.05) is 30.2 Å². The fourth-order valence-electron chi connectivity index (χ4n) is 2.15. The van der Waals surface area contributed by atoms with Crippen molar-refractivity contribution in [3.05, 3.63) is 11.1 Å². The number of likely N-dealkylation sites (tertiary alicyclic amines) is 1. The molecule has 4 nitrogen and oxygen atoms in total. The summed E-state index contributed by atoms with van der Waals surface area (Å²) >= 11 is 3.32.